The molecule has 1 N–H and O–H groups in total. The number of hydrogen-bond acceptors (Lipinski definition) is 4. The van der Waals surface area contributed by atoms with Crippen LogP contribution in [0.5, 0.6) is 0 Å². The van der Waals surface area contributed by atoms with Crippen molar-refractivity contribution in [3.8, 4) is 0 Å². The molecule has 5 heteroatoms. The second kappa shape index (κ2) is 5.83. The van der Waals surface area contributed by atoms with Gasteiger partial charge in [0.05, 0.1) is 5.01 Å². The van der Waals surface area contributed by atoms with Gasteiger partial charge in [0.15, 0.2) is 5.17 Å². The summed E-state index contributed by atoms with van der Waals surface area (Å²) in [5.74, 6) is 2.11. The molecule has 1 saturated carbocycles. The van der Waals surface area contributed by atoms with E-state index in [9.17, 15) is 0 Å². The van der Waals surface area contributed by atoms with Crippen molar-refractivity contribution in [1.82, 2.24) is 10.3 Å². The molecule has 2 aliphatic rings. The summed E-state index contributed by atoms with van der Waals surface area (Å²) in [6.07, 6.45) is 8.18. The Morgan fingerprint density at radius 3 is 3.05 bits per heavy atom. The van der Waals surface area contributed by atoms with Gasteiger partial charge in [-0.2, -0.15) is 0 Å². The summed E-state index contributed by atoms with van der Waals surface area (Å²) in [5, 5.41) is 8.08. The zero-order chi connectivity index (χ0) is 13.1. The summed E-state index contributed by atoms with van der Waals surface area (Å²) in [4.78, 5) is 9.00. The average Bonchev–Trinajstić information content (AvgIpc) is 3.05. The third-order valence-electron chi connectivity index (χ3n) is 4.15. The lowest BCUT2D eigenvalue weighted by Gasteiger charge is -2.35. The Morgan fingerprint density at radius 2 is 2.32 bits per heavy atom. The van der Waals surface area contributed by atoms with Gasteiger partial charge in [-0.05, 0) is 31.6 Å². The maximum Gasteiger partial charge on any atom is 0.157 e. The van der Waals surface area contributed by atoms with Crippen molar-refractivity contribution in [3.63, 3.8) is 0 Å². The van der Waals surface area contributed by atoms with Crippen molar-refractivity contribution in [3.05, 3.63) is 16.6 Å². The molecule has 0 atom stereocenters. The quantitative estimate of drug-likeness (QED) is 0.929. The van der Waals surface area contributed by atoms with Gasteiger partial charge in [-0.1, -0.05) is 18.7 Å². The molecule has 104 valence electrons. The highest BCUT2D eigenvalue weighted by atomic mass is 32.2. The minimum Gasteiger partial charge on any atom is -0.359 e. The van der Waals surface area contributed by atoms with E-state index in [1.165, 1.54) is 36.4 Å². The van der Waals surface area contributed by atoms with Crippen LogP contribution in [0, 0.1) is 5.92 Å². The molecule has 1 aromatic heterocycles. The number of thiazole rings is 1. The molecule has 3 nitrogen and oxygen atoms in total. The summed E-state index contributed by atoms with van der Waals surface area (Å²) in [6.45, 7) is 3.23. The Hall–Kier alpha value is -0.550. The maximum atomic E-state index is 4.70. The number of rotatable bonds is 3. The van der Waals surface area contributed by atoms with Gasteiger partial charge < -0.3 is 5.32 Å². The normalized spacial score (nSPS) is 32.9. The molecular weight excluding hydrogens is 274 g/mol. The molecule has 0 bridgehead atoms. The molecule has 0 radical (unpaired) electrons. The first-order valence-electron chi connectivity index (χ1n) is 7.10. The van der Waals surface area contributed by atoms with Crippen LogP contribution in [0.25, 0.3) is 0 Å². The van der Waals surface area contributed by atoms with E-state index in [2.05, 4.69) is 17.2 Å². The Labute approximate surface area is 123 Å². The molecule has 0 aromatic carbocycles. The molecule has 2 heterocycles. The predicted octanol–water partition coefficient (Wildman–Crippen LogP) is 3.33. The molecule has 1 aliphatic carbocycles. The summed E-state index contributed by atoms with van der Waals surface area (Å²) < 4.78 is 0. The summed E-state index contributed by atoms with van der Waals surface area (Å²) in [7, 11) is 0. The fourth-order valence-electron chi connectivity index (χ4n) is 2.80. The second-order valence-corrected chi connectivity index (χ2v) is 7.68. The molecule has 1 saturated heterocycles. The van der Waals surface area contributed by atoms with Crippen LogP contribution < -0.4 is 5.32 Å². The molecule has 2 fully saturated rings. The first-order valence-corrected chi connectivity index (χ1v) is 8.96. The zero-order valence-corrected chi connectivity index (χ0v) is 13.0. The van der Waals surface area contributed by atoms with Crippen molar-refractivity contribution in [2.75, 3.05) is 12.3 Å². The molecule has 1 aliphatic heterocycles. The van der Waals surface area contributed by atoms with E-state index in [0.29, 0.717) is 5.54 Å². The summed E-state index contributed by atoms with van der Waals surface area (Å²) in [5.41, 5.74) is 0.358. The van der Waals surface area contributed by atoms with Crippen LogP contribution in [0.15, 0.2) is 16.6 Å². The number of thioether (sulfide) groups is 1. The topological polar surface area (TPSA) is 37.3 Å². The van der Waals surface area contributed by atoms with E-state index in [-0.39, 0.29) is 0 Å². The molecule has 0 unspecified atom stereocenters. The highest BCUT2D eigenvalue weighted by molar-refractivity contribution is 8.14. The third kappa shape index (κ3) is 3.31. The Bertz CT molecular complexity index is 434. The smallest absolute Gasteiger partial charge is 0.157 e. The lowest BCUT2D eigenvalue weighted by molar-refractivity contribution is 0.251. The third-order valence-corrected chi connectivity index (χ3v) is 6.19. The van der Waals surface area contributed by atoms with Crippen LogP contribution >= 0.6 is 23.1 Å². The Kier molecular flexibility index (Phi) is 4.12. The van der Waals surface area contributed by atoms with Crippen LogP contribution in [0.3, 0.4) is 0 Å². The van der Waals surface area contributed by atoms with Crippen molar-refractivity contribution in [2.24, 2.45) is 10.9 Å². The van der Waals surface area contributed by atoms with E-state index in [4.69, 9.17) is 4.99 Å². The number of nitrogens with zero attached hydrogens (tertiary/aromatic N) is 2. The molecule has 0 amide bonds. The van der Waals surface area contributed by atoms with Gasteiger partial charge in [-0.25, -0.2) is 4.98 Å². The highest BCUT2D eigenvalue weighted by Crippen LogP contribution is 2.38. The van der Waals surface area contributed by atoms with Crippen LogP contribution in [0.1, 0.15) is 37.6 Å². The molecule has 1 aromatic rings. The number of aliphatic imine (C=N–C) groups is 1. The van der Waals surface area contributed by atoms with Gasteiger partial charge in [0.1, 0.15) is 0 Å². The summed E-state index contributed by atoms with van der Waals surface area (Å²) in [6, 6.07) is 0. The standard InChI is InChI=1S/C14H21N3S2/c1-11-2-5-14(6-3-11)10-19-13(17-14)16-7-4-12-15-8-9-18-12/h8-9,11H,2-7,10H2,1H3,(H,16,17). The Balaban J connectivity index is 1.51. The van der Waals surface area contributed by atoms with Gasteiger partial charge in [0.25, 0.3) is 0 Å². The molecule has 19 heavy (non-hydrogen) atoms. The van der Waals surface area contributed by atoms with Gasteiger partial charge in [0, 0.05) is 35.8 Å². The minimum atomic E-state index is 0.358. The van der Waals surface area contributed by atoms with E-state index in [1.54, 1.807) is 11.3 Å². The first kappa shape index (κ1) is 13.4. The fourth-order valence-corrected chi connectivity index (χ4v) is 4.66. The van der Waals surface area contributed by atoms with Crippen LogP contribution in [0.4, 0.5) is 0 Å². The van der Waals surface area contributed by atoms with Crippen molar-refractivity contribution >= 4 is 28.3 Å². The van der Waals surface area contributed by atoms with E-state index in [0.717, 1.165) is 24.1 Å². The van der Waals surface area contributed by atoms with Crippen LogP contribution in [0.2, 0.25) is 0 Å². The lowest BCUT2D eigenvalue weighted by atomic mass is 9.78. The minimum absolute atomic E-state index is 0.358. The zero-order valence-electron chi connectivity index (χ0n) is 11.4. The monoisotopic (exact) mass is 295 g/mol. The van der Waals surface area contributed by atoms with Gasteiger partial charge in [0.2, 0.25) is 0 Å². The number of aromatic nitrogens is 1. The fraction of sp³-hybridized carbons (Fsp3) is 0.714. The Morgan fingerprint density at radius 1 is 1.47 bits per heavy atom. The maximum absolute atomic E-state index is 4.70. The van der Waals surface area contributed by atoms with Crippen LogP contribution in [-0.2, 0) is 6.42 Å². The van der Waals surface area contributed by atoms with Crippen LogP contribution in [-0.4, -0.2) is 28.0 Å². The number of nitrogens with one attached hydrogen (secondary N) is 1. The summed E-state index contributed by atoms with van der Waals surface area (Å²) >= 11 is 3.63. The number of amidine groups is 1. The SMILES string of the molecule is CC1CCC2(CC1)CSC(=NCCc1nccs1)N2. The van der Waals surface area contributed by atoms with E-state index in [1.807, 2.05) is 23.3 Å². The number of hydrogen-bond donors (Lipinski definition) is 1. The first-order chi connectivity index (χ1) is 9.26. The van der Waals surface area contributed by atoms with Crippen molar-refractivity contribution in [2.45, 2.75) is 44.6 Å². The van der Waals surface area contributed by atoms with E-state index >= 15 is 0 Å². The molecule has 1 spiro atoms. The van der Waals surface area contributed by atoms with Gasteiger partial charge in [-0.3, -0.25) is 4.99 Å². The highest BCUT2D eigenvalue weighted by Gasteiger charge is 2.39. The molecule has 3 rings (SSSR count). The van der Waals surface area contributed by atoms with Crippen molar-refractivity contribution < 1.29 is 0 Å². The average molecular weight is 295 g/mol. The predicted molar refractivity (Wildman–Crippen MR) is 84.1 cm³/mol. The van der Waals surface area contributed by atoms with E-state index < -0.39 is 0 Å². The van der Waals surface area contributed by atoms with Gasteiger partial charge >= 0.3 is 0 Å². The van der Waals surface area contributed by atoms with Gasteiger partial charge in [-0.15, -0.1) is 11.3 Å². The van der Waals surface area contributed by atoms with Crippen molar-refractivity contribution in [1.29, 1.82) is 0 Å². The lowest BCUT2D eigenvalue weighted by Crippen LogP contribution is -2.46. The second-order valence-electron chi connectivity index (χ2n) is 5.74. The molecular formula is C14H21N3S2. The largest absolute Gasteiger partial charge is 0.359 e.